The van der Waals surface area contributed by atoms with Gasteiger partial charge in [0.15, 0.2) is 0 Å². The molecular weight excluding hydrogens is 294 g/mol. The number of nitrogens with one attached hydrogen (secondary N) is 1. The molecule has 0 aliphatic carbocycles. The Labute approximate surface area is 126 Å². The predicted molar refractivity (Wildman–Crippen MR) is 78.4 cm³/mol. The van der Waals surface area contributed by atoms with Crippen molar-refractivity contribution in [2.75, 3.05) is 19.0 Å². The molecule has 0 spiro atoms. The quantitative estimate of drug-likeness (QED) is 0.703. The molecule has 116 valence electrons. The Kier molecular flexibility index (Phi) is 7.63. The van der Waals surface area contributed by atoms with E-state index in [4.69, 9.17) is 9.84 Å². The Morgan fingerprint density at radius 1 is 1.33 bits per heavy atom. The molecule has 2 atom stereocenters. The first kappa shape index (κ1) is 17.3. The highest BCUT2D eigenvalue weighted by Crippen LogP contribution is 2.08. The van der Waals surface area contributed by atoms with Crippen LogP contribution in [0.25, 0.3) is 0 Å². The monoisotopic (exact) mass is 313 g/mol. The molecule has 2 N–H and O–H groups in total. The number of aliphatic carboxylic acids is 1. The Balaban J connectivity index is 2.50. The van der Waals surface area contributed by atoms with Crippen LogP contribution in [-0.4, -0.2) is 46.2 Å². The zero-order valence-corrected chi connectivity index (χ0v) is 12.6. The van der Waals surface area contributed by atoms with Crippen molar-refractivity contribution in [2.24, 2.45) is 0 Å². The SMILES string of the molecule is CCOCC(=O)N[C@@H](CC[S@@](=O)c1ccccc1)C(=O)O. The average Bonchev–Trinajstić information content (AvgIpc) is 2.49. The summed E-state index contributed by atoms with van der Waals surface area (Å²) in [6.07, 6.45) is 0.0920. The topological polar surface area (TPSA) is 92.7 Å². The third-order valence-corrected chi connectivity index (χ3v) is 4.07. The summed E-state index contributed by atoms with van der Waals surface area (Å²) in [5.74, 6) is -1.48. The predicted octanol–water partition coefficient (Wildman–Crippen LogP) is 0.790. The summed E-state index contributed by atoms with van der Waals surface area (Å²) in [6.45, 7) is 1.94. The Hall–Kier alpha value is -1.73. The lowest BCUT2D eigenvalue weighted by molar-refractivity contribution is -0.142. The van der Waals surface area contributed by atoms with Crippen molar-refractivity contribution in [1.82, 2.24) is 5.32 Å². The number of ether oxygens (including phenoxy) is 1. The largest absolute Gasteiger partial charge is 0.480 e. The molecule has 0 unspecified atom stereocenters. The van der Waals surface area contributed by atoms with Gasteiger partial charge in [-0.2, -0.15) is 0 Å². The van der Waals surface area contributed by atoms with Gasteiger partial charge >= 0.3 is 5.97 Å². The summed E-state index contributed by atoms with van der Waals surface area (Å²) in [4.78, 5) is 23.2. The summed E-state index contributed by atoms with van der Waals surface area (Å²) in [7, 11) is -1.29. The van der Waals surface area contributed by atoms with E-state index < -0.39 is 28.7 Å². The molecule has 1 aromatic carbocycles. The van der Waals surface area contributed by atoms with Crippen molar-refractivity contribution in [2.45, 2.75) is 24.3 Å². The van der Waals surface area contributed by atoms with E-state index in [0.717, 1.165) is 0 Å². The fourth-order valence-electron chi connectivity index (χ4n) is 1.60. The van der Waals surface area contributed by atoms with Gasteiger partial charge in [-0.3, -0.25) is 9.00 Å². The van der Waals surface area contributed by atoms with Crippen LogP contribution in [0, 0.1) is 0 Å². The molecule has 0 aromatic heterocycles. The maximum Gasteiger partial charge on any atom is 0.326 e. The first-order valence-electron chi connectivity index (χ1n) is 6.58. The number of carbonyl (C=O) groups is 2. The maximum absolute atomic E-state index is 12.0. The average molecular weight is 313 g/mol. The van der Waals surface area contributed by atoms with Gasteiger partial charge in [0, 0.05) is 17.3 Å². The van der Waals surface area contributed by atoms with E-state index in [1.807, 2.05) is 6.07 Å². The van der Waals surface area contributed by atoms with Crippen LogP contribution >= 0.6 is 0 Å². The molecule has 0 aliphatic rings. The summed E-state index contributed by atoms with van der Waals surface area (Å²) >= 11 is 0. The molecule has 0 fully saturated rings. The lowest BCUT2D eigenvalue weighted by Crippen LogP contribution is -2.43. The van der Waals surface area contributed by atoms with Crippen LogP contribution in [0.1, 0.15) is 13.3 Å². The highest BCUT2D eigenvalue weighted by atomic mass is 32.2. The van der Waals surface area contributed by atoms with E-state index in [1.54, 1.807) is 31.2 Å². The molecule has 0 bridgehead atoms. The van der Waals surface area contributed by atoms with Crippen LogP contribution in [0.5, 0.6) is 0 Å². The van der Waals surface area contributed by atoms with Crippen molar-refractivity contribution in [3.63, 3.8) is 0 Å². The van der Waals surface area contributed by atoms with Crippen LogP contribution in [0.2, 0.25) is 0 Å². The molecule has 0 saturated carbocycles. The first-order chi connectivity index (χ1) is 10.0. The highest BCUT2D eigenvalue weighted by Gasteiger charge is 2.20. The van der Waals surface area contributed by atoms with E-state index in [0.29, 0.717) is 11.5 Å². The number of carboxylic acid groups (broad SMARTS) is 1. The summed E-state index contributed by atoms with van der Waals surface area (Å²) in [6, 6.07) is 7.73. The van der Waals surface area contributed by atoms with Crippen LogP contribution in [0.4, 0.5) is 0 Å². The molecule has 1 amide bonds. The van der Waals surface area contributed by atoms with E-state index in [9.17, 15) is 13.8 Å². The van der Waals surface area contributed by atoms with Crippen molar-refractivity contribution in [3.8, 4) is 0 Å². The molecule has 0 heterocycles. The van der Waals surface area contributed by atoms with Crippen LogP contribution < -0.4 is 5.32 Å². The number of amides is 1. The second kappa shape index (κ2) is 9.25. The third kappa shape index (κ3) is 6.50. The molecule has 7 heteroatoms. The van der Waals surface area contributed by atoms with Crippen LogP contribution in [-0.2, 0) is 25.1 Å². The maximum atomic E-state index is 12.0. The lowest BCUT2D eigenvalue weighted by atomic mass is 10.2. The van der Waals surface area contributed by atoms with Crippen molar-refractivity contribution >= 4 is 22.7 Å². The zero-order chi connectivity index (χ0) is 15.7. The van der Waals surface area contributed by atoms with Crippen molar-refractivity contribution in [3.05, 3.63) is 30.3 Å². The lowest BCUT2D eigenvalue weighted by Gasteiger charge is -2.14. The number of rotatable bonds is 9. The van der Waals surface area contributed by atoms with Crippen molar-refractivity contribution in [1.29, 1.82) is 0 Å². The standard InChI is InChI=1S/C14H19NO5S/c1-2-20-10-13(16)15-12(14(17)18)8-9-21(19)11-6-4-3-5-7-11/h3-7,12H,2,8-10H2,1H3,(H,15,16)(H,17,18)/t12-,21+/m0/s1. The summed E-state index contributed by atoms with van der Waals surface area (Å²) in [5, 5.41) is 11.4. The van der Waals surface area contributed by atoms with Crippen molar-refractivity contribution < 1.29 is 23.6 Å². The Bertz CT molecular complexity index is 491. The molecular formula is C14H19NO5S. The second-order valence-electron chi connectivity index (χ2n) is 4.25. The summed E-state index contributed by atoms with van der Waals surface area (Å²) < 4.78 is 16.9. The Morgan fingerprint density at radius 3 is 2.57 bits per heavy atom. The van der Waals surface area contributed by atoms with E-state index in [1.165, 1.54) is 0 Å². The van der Waals surface area contributed by atoms with Gasteiger partial charge in [-0.15, -0.1) is 0 Å². The van der Waals surface area contributed by atoms with Gasteiger partial charge in [-0.05, 0) is 25.5 Å². The number of hydrogen-bond acceptors (Lipinski definition) is 4. The smallest absolute Gasteiger partial charge is 0.326 e. The number of carboxylic acids is 1. The molecule has 21 heavy (non-hydrogen) atoms. The number of carbonyl (C=O) groups excluding carboxylic acids is 1. The fraction of sp³-hybridized carbons (Fsp3) is 0.429. The molecule has 1 aromatic rings. The minimum Gasteiger partial charge on any atom is -0.480 e. The zero-order valence-electron chi connectivity index (χ0n) is 11.8. The van der Waals surface area contributed by atoms with E-state index >= 15 is 0 Å². The minimum absolute atomic E-state index is 0.0920. The molecule has 6 nitrogen and oxygen atoms in total. The molecule has 1 rings (SSSR count). The molecule has 0 aliphatic heterocycles. The summed E-state index contributed by atoms with van der Waals surface area (Å²) in [5.41, 5.74) is 0. The van der Waals surface area contributed by atoms with Crippen LogP contribution in [0.15, 0.2) is 35.2 Å². The van der Waals surface area contributed by atoms with Gasteiger partial charge in [0.25, 0.3) is 0 Å². The fourth-order valence-corrected chi connectivity index (χ4v) is 2.75. The molecule has 0 saturated heterocycles. The molecule has 0 radical (unpaired) electrons. The van der Waals surface area contributed by atoms with Gasteiger partial charge < -0.3 is 15.2 Å². The van der Waals surface area contributed by atoms with Gasteiger partial charge in [0.2, 0.25) is 5.91 Å². The first-order valence-corrected chi connectivity index (χ1v) is 7.89. The number of benzene rings is 1. The van der Waals surface area contributed by atoms with E-state index in [-0.39, 0.29) is 18.8 Å². The Morgan fingerprint density at radius 2 is 2.00 bits per heavy atom. The van der Waals surface area contributed by atoms with Gasteiger partial charge in [0.05, 0.1) is 10.8 Å². The second-order valence-corrected chi connectivity index (χ2v) is 5.82. The van der Waals surface area contributed by atoms with Gasteiger partial charge in [-0.1, -0.05) is 18.2 Å². The van der Waals surface area contributed by atoms with Crippen LogP contribution in [0.3, 0.4) is 0 Å². The van der Waals surface area contributed by atoms with E-state index in [2.05, 4.69) is 5.32 Å². The minimum atomic E-state index is -1.29. The van der Waals surface area contributed by atoms with Gasteiger partial charge in [0.1, 0.15) is 12.6 Å². The van der Waals surface area contributed by atoms with Gasteiger partial charge in [-0.25, -0.2) is 4.79 Å². The number of hydrogen-bond donors (Lipinski definition) is 2. The third-order valence-electron chi connectivity index (χ3n) is 2.67. The normalized spacial score (nSPS) is 13.4. The highest BCUT2D eigenvalue weighted by molar-refractivity contribution is 7.85.